The van der Waals surface area contributed by atoms with Crippen LogP contribution in [-0.2, 0) is 16.0 Å². The Labute approximate surface area is 169 Å². The van der Waals surface area contributed by atoms with Crippen molar-refractivity contribution in [3.8, 4) is 5.88 Å². The van der Waals surface area contributed by atoms with E-state index in [1.165, 1.54) is 0 Å². The first-order valence-electron chi connectivity index (χ1n) is 10.6. The molecule has 158 valence electrons. The van der Waals surface area contributed by atoms with Gasteiger partial charge in [-0.1, -0.05) is 19.4 Å². The predicted molar refractivity (Wildman–Crippen MR) is 112 cm³/mol. The fourth-order valence-electron chi connectivity index (χ4n) is 2.84. The third-order valence-corrected chi connectivity index (χ3v) is 4.47. The third-order valence-electron chi connectivity index (χ3n) is 4.47. The first-order valence-corrected chi connectivity index (χ1v) is 10.6. The highest BCUT2D eigenvalue weighted by Gasteiger charge is 2.15. The number of rotatable bonds is 13. The van der Waals surface area contributed by atoms with E-state index >= 15 is 0 Å². The van der Waals surface area contributed by atoms with Crippen LogP contribution in [0.5, 0.6) is 5.88 Å². The van der Waals surface area contributed by atoms with E-state index in [4.69, 9.17) is 14.2 Å². The van der Waals surface area contributed by atoms with Gasteiger partial charge in [0.2, 0.25) is 5.88 Å². The Morgan fingerprint density at radius 2 is 2.21 bits per heavy atom. The lowest BCUT2D eigenvalue weighted by atomic mass is 10.1. The molecule has 1 atom stereocenters. The van der Waals surface area contributed by atoms with Crippen LogP contribution < -0.4 is 15.4 Å². The molecule has 1 aliphatic rings. The number of aromatic nitrogens is 1. The molecule has 1 aromatic heterocycles. The van der Waals surface area contributed by atoms with Crippen LogP contribution in [0, 0.1) is 5.92 Å². The monoisotopic (exact) mass is 392 g/mol. The maximum Gasteiger partial charge on any atom is 0.218 e. The number of nitrogens with one attached hydrogen (secondary N) is 2. The van der Waals surface area contributed by atoms with Crippen LogP contribution >= 0.6 is 0 Å². The Morgan fingerprint density at radius 3 is 3.00 bits per heavy atom. The van der Waals surface area contributed by atoms with Crippen LogP contribution in [0.3, 0.4) is 0 Å². The zero-order valence-corrected chi connectivity index (χ0v) is 17.4. The Balaban J connectivity index is 1.72. The molecule has 2 N–H and O–H groups in total. The second-order valence-corrected chi connectivity index (χ2v) is 6.95. The molecule has 7 nitrogen and oxygen atoms in total. The highest BCUT2D eigenvalue weighted by Crippen LogP contribution is 2.16. The molecule has 1 saturated heterocycles. The topological polar surface area (TPSA) is 77.0 Å². The zero-order valence-electron chi connectivity index (χ0n) is 17.4. The maximum atomic E-state index is 5.79. The van der Waals surface area contributed by atoms with E-state index in [0.717, 1.165) is 76.7 Å². The molecule has 1 unspecified atom stereocenters. The quantitative estimate of drug-likeness (QED) is 0.305. The fraction of sp³-hybridized carbons (Fsp3) is 0.714. The molecule has 0 radical (unpaired) electrons. The molecular formula is C21H36N4O3. The number of nitrogens with zero attached hydrogens (tertiary/aromatic N) is 2. The van der Waals surface area contributed by atoms with Crippen LogP contribution in [0.25, 0.3) is 0 Å². The van der Waals surface area contributed by atoms with Crippen LogP contribution in [0.4, 0.5) is 0 Å². The summed E-state index contributed by atoms with van der Waals surface area (Å²) in [4.78, 5) is 9.02. The molecule has 7 heteroatoms. The van der Waals surface area contributed by atoms with E-state index in [1.807, 2.05) is 12.1 Å². The second-order valence-electron chi connectivity index (χ2n) is 6.95. The number of aliphatic imine (C=N–C) groups is 1. The lowest BCUT2D eigenvalue weighted by molar-refractivity contribution is 0.0888. The summed E-state index contributed by atoms with van der Waals surface area (Å²) in [6.45, 7) is 10.3. The number of hydrogen-bond donors (Lipinski definition) is 2. The molecule has 0 saturated carbocycles. The van der Waals surface area contributed by atoms with Crippen molar-refractivity contribution in [2.24, 2.45) is 10.9 Å². The minimum atomic E-state index is 0.531. The van der Waals surface area contributed by atoms with Gasteiger partial charge in [0.1, 0.15) is 0 Å². The van der Waals surface area contributed by atoms with Crippen LogP contribution in [0.15, 0.2) is 23.3 Å². The molecule has 2 rings (SSSR count). The second kappa shape index (κ2) is 14.2. The van der Waals surface area contributed by atoms with Crippen molar-refractivity contribution in [3.63, 3.8) is 0 Å². The molecule has 0 aromatic carbocycles. The molecular weight excluding hydrogens is 356 g/mol. The minimum Gasteiger partial charge on any atom is -0.477 e. The number of pyridine rings is 1. The van der Waals surface area contributed by atoms with Gasteiger partial charge >= 0.3 is 0 Å². The summed E-state index contributed by atoms with van der Waals surface area (Å²) < 4.78 is 16.9. The van der Waals surface area contributed by atoms with Gasteiger partial charge in [-0.05, 0) is 32.3 Å². The Kier molecular flexibility index (Phi) is 11.4. The standard InChI is InChI=1S/C21H36N4O3/c1-3-5-13-28-20-19(8-6-10-23-20)15-25-21(22-4-2)24-11-7-12-26-16-18-9-14-27-17-18/h6,8,10,18H,3-5,7,9,11-17H2,1-2H3,(H2,22,24,25). The molecule has 1 aromatic rings. The summed E-state index contributed by atoms with van der Waals surface area (Å²) in [6, 6.07) is 3.94. The van der Waals surface area contributed by atoms with E-state index < -0.39 is 0 Å². The summed E-state index contributed by atoms with van der Waals surface area (Å²) in [5.74, 6) is 2.05. The van der Waals surface area contributed by atoms with Gasteiger partial charge < -0.3 is 24.8 Å². The maximum absolute atomic E-state index is 5.79. The lowest BCUT2D eigenvalue weighted by Gasteiger charge is -2.13. The molecule has 1 fully saturated rings. The van der Waals surface area contributed by atoms with Crippen molar-refractivity contribution < 1.29 is 14.2 Å². The van der Waals surface area contributed by atoms with Crippen LogP contribution in [0.1, 0.15) is 45.1 Å². The molecule has 0 amide bonds. The van der Waals surface area contributed by atoms with Gasteiger partial charge in [0.05, 0.1) is 26.4 Å². The average Bonchev–Trinajstić information content (AvgIpc) is 3.23. The summed E-state index contributed by atoms with van der Waals surface area (Å²) in [6.07, 6.45) is 5.95. The van der Waals surface area contributed by atoms with Crippen molar-refractivity contribution in [1.29, 1.82) is 0 Å². The van der Waals surface area contributed by atoms with Crippen LogP contribution in [-0.4, -0.2) is 57.1 Å². The Bertz CT molecular complexity index is 562. The zero-order chi connectivity index (χ0) is 19.9. The molecule has 0 aliphatic carbocycles. The highest BCUT2D eigenvalue weighted by atomic mass is 16.5. The minimum absolute atomic E-state index is 0.531. The number of hydrogen-bond acceptors (Lipinski definition) is 5. The lowest BCUT2D eigenvalue weighted by Crippen LogP contribution is -2.38. The van der Waals surface area contributed by atoms with Crippen molar-refractivity contribution in [2.75, 3.05) is 46.1 Å². The van der Waals surface area contributed by atoms with Gasteiger partial charge in [-0.2, -0.15) is 0 Å². The number of guanidine groups is 1. The largest absolute Gasteiger partial charge is 0.477 e. The average molecular weight is 393 g/mol. The Morgan fingerprint density at radius 1 is 1.29 bits per heavy atom. The van der Waals surface area contributed by atoms with E-state index in [0.29, 0.717) is 24.9 Å². The van der Waals surface area contributed by atoms with Crippen LogP contribution in [0.2, 0.25) is 0 Å². The number of ether oxygens (including phenoxy) is 3. The molecule has 0 spiro atoms. The van der Waals surface area contributed by atoms with Gasteiger partial charge in [-0.15, -0.1) is 0 Å². The van der Waals surface area contributed by atoms with Gasteiger partial charge in [0.15, 0.2) is 5.96 Å². The number of unbranched alkanes of at least 4 members (excludes halogenated alkanes) is 1. The van der Waals surface area contributed by atoms with Gasteiger partial charge in [0, 0.05) is 44.0 Å². The smallest absolute Gasteiger partial charge is 0.218 e. The third kappa shape index (κ3) is 8.89. The van der Waals surface area contributed by atoms with Gasteiger partial charge in [-0.3, -0.25) is 0 Å². The Hall–Kier alpha value is -1.86. The predicted octanol–water partition coefficient (Wildman–Crippen LogP) is 2.76. The van der Waals surface area contributed by atoms with Gasteiger partial charge in [0.25, 0.3) is 0 Å². The molecule has 0 bridgehead atoms. The molecule has 2 heterocycles. The fourth-order valence-corrected chi connectivity index (χ4v) is 2.84. The molecule has 1 aliphatic heterocycles. The summed E-state index contributed by atoms with van der Waals surface area (Å²) in [5.41, 5.74) is 0.998. The normalized spacial score (nSPS) is 16.9. The van der Waals surface area contributed by atoms with Crippen molar-refractivity contribution in [2.45, 2.75) is 46.1 Å². The van der Waals surface area contributed by atoms with Crippen molar-refractivity contribution >= 4 is 5.96 Å². The summed E-state index contributed by atoms with van der Waals surface area (Å²) in [7, 11) is 0. The van der Waals surface area contributed by atoms with Crippen molar-refractivity contribution in [1.82, 2.24) is 15.6 Å². The SMILES string of the molecule is CCCCOc1ncccc1CN=C(NCC)NCCCOCC1CCOC1. The van der Waals surface area contributed by atoms with E-state index in [-0.39, 0.29) is 0 Å². The van der Waals surface area contributed by atoms with E-state index in [9.17, 15) is 0 Å². The van der Waals surface area contributed by atoms with Crippen molar-refractivity contribution in [3.05, 3.63) is 23.9 Å². The summed E-state index contributed by atoms with van der Waals surface area (Å²) >= 11 is 0. The first-order chi connectivity index (χ1) is 13.8. The first kappa shape index (κ1) is 22.4. The molecule has 28 heavy (non-hydrogen) atoms. The van der Waals surface area contributed by atoms with Gasteiger partial charge in [-0.25, -0.2) is 9.98 Å². The summed E-state index contributed by atoms with van der Waals surface area (Å²) in [5, 5.41) is 6.64. The van der Waals surface area contributed by atoms with E-state index in [1.54, 1.807) is 6.20 Å². The highest BCUT2D eigenvalue weighted by molar-refractivity contribution is 5.79. The van der Waals surface area contributed by atoms with E-state index in [2.05, 4.69) is 34.5 Å².